The Kier molecular flexibility index (Phi) is 3.79. The Morgan fingerprint density at radius 2 is 2.14 bits per heavy atom. The van der Waals surface area contributed by atoms with Crippen molar-refractivity contribution in [3.05, 3.63) is 23.8 Å². The molecular formula is C7H10ClN3O2S. The zero-order valence-corrected chi connectivity index (χ0v) is 9.14. The highest BCUT2D eigenvalue weighted by Crippen LogP contribution is 1.95. The van der Waals surface area contributed by atoms with E-state index < -0.39 is 15.2 Å². The number of alkyl halides is 1. The molecule has 0 aromatic carbocycles. The van der Waals surface area contributed by atoms with E-state index in [9.17, 15) is 8.42 Å². The highest BCUT2D eigenvalue weighted by atomic mass is 35.5. The summed E-state index contributed by atoms with van der Waals surface area (Å²) in [7, 11) is -3.38. The van der Waals surface area contributed by atoms with E-state index in [4.69, 9.17) is 11.6 Å². The van der Waals surface area contributed by atoms with Gasteiger partial charge in [0.2, 0.25) is 10.0 Å². The van der Waals surface area contributed by atoms with Crippen molar-refractivity contribution in [2.75, 3.05) is 5.21 Å². The van der Waals surface area contributed by atoms with Crippen molar-refractivity contribution in [3.63, 3.8) is 0 Å². The molecule has 5 nitrogen and oxygen atoms in total. The van der Waals surface area contributed by atoms with Gasteiger partial charge in [0, 0.05) is 6.20 Å². The van der Waals surface area contributed by atoms with Gasteiger partial charge in [0.1, 0.15) is 5.21 Å². The molecule has 1 rings (SSSR count). The summed E-state index contributed by atoms with van der Waals surface area (Å²) in [4.78, 5) is 7.96. The van der Waals surface area contributed by atoms with Gasteiger partial charge in [-0.3, -0.25) is 9.97 Å². The largest absolute Gasteiger partial charge is 0.258 e. The lowest BCUT2D eigenvalue weighted by atomic mass is 10.4. The minimum absolute atomic E-state index is 0.113. The van der Waals surface area contributed by atoms with Crippen molar-refractivity contribution in [2.24, 2.45) is 0 Å². The zero-order valence-electron chi connectivity index (χ0n) is 7.57. The predicted octanol–water partition coefficient (Wildman–Crippen LogP) is 0.401. The minimum atomic E-state index is -3.38. The number of rotatable bonds is 4. The van der Waals surface area contributed by atoms with E-state index in [1.54, 1.807) is 13.1 Å². The summed E-state index contributed by atoms with van der Waals surface area (Å²) in [5.74, 6) is 0. The van der Waals surface area contributed by atoms with E-state index in [-0.39, 0.29) is 6.54 Å². The molecule has 0 spiro atoms. The molecule has 0 saturated carbocycles. The van der Waals surface area contributed by atoms with E-state index in [1.165, 1.54) is 6.20 Å². The van der Waals surface area contributed by atoms with Gasteiger partial charge in [-0.15, -0.1) is 11.6 Å². The van der Waals surface area contributed by atoms with Gasteiger partial charge in [-0.25, -0.2) is 13.1 Å². The van der Waals surface area contributed by atoms with Crippen LogP contribution >= 0.6 is 11.6 Å². The molecule has 1 aromatic heterocycles. The van der Waals surface area contributed by atoms with Crippen LogP contribution in [0.15, 0.2) is 12.4 Å². The Morgan fingerprint density at radius 3 is 2.64 bits per heavy atom. The molecule has 1 N–H and O–H groups in total. The molecule has 1 aromatic rings. The van der Waals surface area contributed by atoms with E-state index in [1.807, 2.05) is 0 Å². The first-order chi connectivity index (χ1) is 6.53. The molecule has 7 heteroatoms. The predicted molar refractivity (Wildman–Crippen MR) is 53.2 cm³/mol. The third-order valence-electron chi connectivity index (χ3n) is 1.45. The van der Waals surface area contributed by atoms with Gasteiger partial charge in [-0.05, 0) is 6.92 Å². The van der Waals surface area contributed by atoms with Gasteiger partial charge >= 0.3 is 0 Å². The molecule has 0 aliphatic heterocycles. The van der Waals surface area contributed by atoms with Crippen molar-refractivity contribution in [2.45, 2.75) is 13.5 Å². The molecular weight excluding hydrogens is 226 g/mol. The maximum Gasteiger partial charge on any atom is 0.226 e. The van der Waals surface area contributed by atoms with Crippen LogP contribution in [0.2, 0.25) is 0 Å². The maximum absolute atomic E-state index is 10.9. The Bertz CT molecular complexity index is 390. The normalized spacial score (nSPS) is 11.6. The number of hydrogen-bond acceptors (Lipinski definition) is 4. The van der Waals surface area contributed by atoms with Gasteiger partial charge in [-0.1, -0.05) is 0 Å². The van der Waals surface area contributed by atoms with Crippen LogP contribution < -0.4 is 4.72 Å². The highest BCUT2D eigenvalue weighted by molar-refractivity contribution is 7.90. The number of sulfonamides is 1. The summed E-state index contributed by atoms with van der Waals surface area (Å²) >= 11 is 5.20. The zero-order chi connectivity index (χ0) is 10.6. The number of hydrogen-bond donors (Lipinski definition) is 1. The van der Waals surface area contributed by atoms with Crippen LogP contribution in [0.5, 0.6) is 0 Å². The topological polar surface area (TPSA) is 72.0 Å². The monoisotopic (exact) mass is 235 g/mol. The third kappa shape index (κ3) is 3.57. The van der Waals surface area contributed by atoms with Crippen LogP contribution in [0.3, 0.4) is 0 Å². The van der Waals surface area contributed by atoms with E-state index in [0.717, 1.165) is 5.69 Å². The van der Waals surface area contributed by atoms with Gasteiger partial charge in [0.25, 0.3) is 0 Å². The van der Waals surface area contributed by atoms with Crippen molar-refractivity contribution in [1.82, 2.24) is 14.7 Å². The first-order valence-corrected chi connectivity index (χ1v) is 6.03. The van der Waals surface area contributed by atoms with Gasteiger partial charge in [0.05, 0.1) is 24.1 Å². The molecule has 1 heterocycles. The summed E-state index contributed by atoms with van der Waals surface area (Å²) < 4.78 is 24.2. The van der Waals surface area contributed by atoms with Crippen LogP contribution in [0.1, 0.15) is 11.4 Å². The average molecular weight is 236 g/mol. The number of nitrogens with zero attached hydrogens (tertiary/aromatic N) is 2. The van der Waals surface area contributed by atoms with Crippen LogP contribution in [0, 0.1) is 6.92 Å². The molecule has 0 amide bonds. The summed E-state index contributed by atoms with van der Waals surface area (Å²) in [5.41, 5.74) is 1.35. The molecule has 0 fully saturated rings. The first kappa shape index (κ1) is 11.4. The molecule has 0 bridgehead atoms. The fraction of sp³-hybridized carbons (Fsp3) is 0.429. The van der Waals surface area contributed by atoms with E-state index in [2.05, 4.69) is 14.7 Å². The van der Waals surface area contributed by atoms with Crippen molar-refractivity contribution < 1.29 is 8.42 Å². The van der Waals surface area contributed by atoms with Crippen molar-refractivity contribution in [3.8, 4) is 0 Å². The Hall–Kier alpha value is -0.720. The Balaban J connectivity index is 2.59. The molecule has 0 radical (unpaired) electrons. The smallest absolute Gasteiger partial charge is 0.226 e. The molecule has 0 saturated heterocycles. The summed E-state index contributed by atoms with van der Waals surface area (Å²) in [6, 6.07) is 0. The molecule has 14 heavy (non-hydrogen) atoms. The summed E-state index contributed by atoms with van der Waals surface area (Å²) in [6.07, 6.45) is 3.09. The highest BCUT2D eigenvalue weighted by Gasteiger charge is 2.07. The standard InChI is InChI=1S/C7H10ClN3O2S/c1-6-2-10-7(3-9-6)4-11-14(12,13)5-8/h2-3,11H,4-5H2,1H3. The van der Waals surface area contributed by atoms with Crippen LogP contribution in [-0.4, -0.2) is 23.6 Å². The van der Waals surface area contributed by atoms with Gasteiger partial charge in [0.15, 0.2) is 0 Å². The van der Waals surface area contributed by atoms with E-state index in [0.29, 0.717) is 5.69 Å². The number of aryl methyl sites for hydroxylation is 1. The third-order valence-corrected chi connectivity index (χ3v) is 3.18. The fourth-order valence-electron chi connectivity index (χ4n) is 0.733. The second-order valence-electron chi connectivity index (χ2n) is 2.69. The molecule has 0 aliphatic rings. The molecule has 0 aliphatic carbocycles. The summed E-state index contributed by atoms with van der Waals surface area (Å²) in [5, 5.41) is -0.452. The second kappa shape index (κ2) is 4.68. The fourth-order valence-corrected chi connectivity index (χ4v) is 1.41. The quantitative estimate of drug-likeness (QED) is 0.767. The van der Waals surface area contributed by atoms with Crippen LogP contribution in [-0.2, 0) is 16.6 Å². The number of halogens is 1. The minimum Gasteiger partial charge on any atom is -0.258 e. The Labute approximate surface area is 87.6 Å². The van der Waals surface area contributed by atoms with Gasteiger partial charge in [-0.2, -0.15) is 0 Å². The number of nitrogens with one attached hydrogen (secondary N) is 1. The second-order valence-corrected chi connectivity index (χ2v) is 5.09. The first-order valence-electron chi connectivity index (χ1n) is 3.84. The van der Waals surface area contributed by atoms with Crippen molar-refractivity contribution >= 4 is 21.6 Å². The molecule has 0 unspecified atom stereocenters. The van der Waals surface area contributed by atoms with Crippen LogP contribution in [0.4, 0.5) is 0 Å². The lowest BCUT2D eigenvalue weighted by Crippen LogP contribution is -2.24. The summed E-state index contributed by atoms with van der Waals surface area (Å²) in [6.45, 7) is 1.92. The van der Waals surface area contributed by atoms with Gasteiger partial charge < -0.3 is 0 Å². The Morgan fingerprint density at radius 1 is 1.43 bits per heavy atom. The maximum atomic E-state index is 10.9. The van der Waals surface area contributed by atoms with E-state index >= 15 is 0 Å². The van der Waals surface area contributed by atoms with Crippen molar-refractivity contribution in [1.29, 1.82) is 0 Å². The SMILES string of the molecule is Cc1cnc(CNS(=O)(=O)CCl)cn1. The average Bonchev–Trinajstić information content (AvgIpc) is 2.17. The lowest BCUT2D eigenvalue weighted by molar-refractivity contribution is 0.585. The molecule has 78 valence electrons. The lowest BCUT2D eigenvalue weighted by Gasteiger charge is -2.02. The molecule has 0 atom stereocenters. The number of aromatic nitrogens is 2. The van der Waals surface area contributed by atoms with Crippen LogP contribution in [0.25, 0.3) is 0 Å².